The third kappa shape index (κ3) is 4.65. The van der Waals surface area contributed by atoms with E-state index >= 15 is 0 Å². The number of benzene rings is 1. The van der Waals surface area contributed by atoms with Gasteiger partial charge in [0.2, 0.25) is 0 Å². The fourth-order valence-electron chi connectivity index (χ4n) is 3.37. The number of amides is 3. The summed E-state index contributed by atoms with van der Waals surface area (Å²) in [5.41, 5.74) is 6.89. The van der Waals surface area contributed by atoms with Crippen LogP contribution in [0.25, 0.3) is 0 Å². The molecule has 1 unspecified atom stereocenters. The van der Waals surface area contributed by atoms with E-state index in [1.54, 1.807) is 12.1 Å². The van der Waals surface area contributed by atoms with Crippen LogP contribution in [0.4, 0.5) is 9.18 Å². The molecule has 0 fully saturated rings. The first kappa shape index (κ1) is 19.6. The molecule has 4 rings (SSSR count). The van der Waals surface area contributed by atoms with Crippen LogP contribution < -0.4 is 16.2 Å². The Hall–Kier alpha value is -2.71. The van der Waals surface area contributed by atoms with Crippen molar-refractivity contribution in [2.75, 3.05) is 0 Å². The maximum Gasteiger partial charge on any atom is 0.334 e. The van der Waals surface area contributed by atoms with Crippen LogP contribution in [-0.4, -0.2) is 11.9 Å². The van der Waals surface area contributed by atoms with Crippen molar-refractivity contribution in [1.29, 1.82) is 0 Å². The summed E-state index contributed by atoms with van der Waals surface area (Å²) in [7, 11) is 0. The molecule has 2 heterocycles. The Balaban J connectivity index is 1.40. The van der Waals surface area contributed by atoms with E-state index in [1.165, 1.54) is 45.2 Å². The Kier molecular flexibility index (Phi) is 5.92. The molecule has 1 aliphatic carbocycles. The molecule has 29 heavy (non-hydrogen) atoms. The van der Waals surface area contributed by atoms with Crippen LogP contribution in [0.1, 0.15) is 49.4 Å². The number of rotatable bonds is 4. The van der Waals surface area contributed by atoms with Crippen molar-refractivity contribution in [3.63, 3.8) is 0 Å². The van der Waals surface area contributed by atoms with E-state index < -0.39 is 12.1 Å². The van der Waals surface area contributed by atoms with E-state index in [0.717, 1.165) is 36.1 Å². The number of hydrogen-bond acceptors (Lipinski definition) is 4. The molecule has 8 heteroatoms. The largest absolute Gasteiger partial charge is 0.334 e. The van der Waals surface area contributed by atoms with E-state index in [0.29, 0.717) is 4.88 Å². The first-order valence-corrected chi connectivity index (χ1v) is 11.1. The summed E-state index contributed by atoms with van der Waals surface area (Å²) in [5, 5.41) is 4.75. The molecular weight excluding hydrogens is 409 g/mol. The summed E-state index contributed by atoms with van der Waals surface area (Å²) in [6, 6.07) is 10.7. The molecule has 0 saturated carbocycles. The standard InChI is InChI=1S/C21H20FN3O2S2/c22-15-9-7-13(8-10-15)19(17-6-3-11-28-17)23-21(27)25-24-20(26)18-12-14-4-1-2-5-16(14)29-18/h3,6-12,19H,1-2,4-5H2,(H,24,26)(H2,23,25,27). The lowest BCUT2D eigenvalue weighted by Crippen LogP contribution is -2.47. The van der Waals surface area contributed by atoms with Crippen molar-refractivity contribution in [1.82, 2.24) is 16.2 Å². The molecule has 0 aliphatic heterocycles. The number of hydrazine groups is 1. The highest BCUT2D eigenvalue weighted by Gasteiger charge is 2.20. The number of nitrogens with one attached hydrogen (secondary N) is 3. The van der Waals surface area contributed by atoms with Gasteiger partial charge in [0, 0.05) is 9.75 Å². The minimum absolute atomic E-state index is 0.325. The predicted molar refractivity (Wildman–Crippen MR) is 113 cm³/mol. The van der Waals surface area contributed by atoms with Gasteiger partial charge in [0.1, 0.15) is 5.82 Å². The van der Waals surface area contributed by atoms with Gasteiger partial charge in [-0.3, -0.25) is 10.2 Å². The van der Waals surface area contributed by atoms with Crippen LogP contribution in [-0.2, 0) is 12.8 Å². The summed E-state index contributed by atoms with van der Waals surface area (Å²) < 4.78 is 13.3. The molecule has 1 atom stereocenters. The van der Waals surface area contributed by atoms with E-state index in [4.69, 9.17) is 0 Å². The van der Waals surface area contributed by atoms with Gasteiger partial charge in [-0.1, -0.05) is 18.2 Å². The summed E-state index contributed by atoms with van der Waals surface area (Å²) in [4.78, 5) is 27.6. The minimum atomic E-state index is -0.539. The average molecular weight is 430 g/mol. The molecule has 0 spiro atoms. The average Bonchev–Trinajstić information content (AvgIpc) is 3.40. The third-order valence-electron chi connectivity index (χ3n) is 4.82. The van der Waals surface area contributed by atoms with Gasteiger partial charge in [-0.2, -0.15) is 0 Å². The van der Waals surface area contributed by atoms with Gasteiger partial charge in [-0.05, 0) is 66.5 Å². The Morgan fingerprint density at radius 1 is 1.03 bits per heavy atom. The first-order chi connectivity index (χ1) is 14.1. The van der Waals surface area contributed by atoms with Gasteiger partial charge in [0.05, 0.1) is 10.9 Å². The normalized spacial score (nSPS) is 14.0. The molecule has 0 radical (unpaired) electrons. The minimum Gasteiger partial charge on any atom is -0.325 e. The highest BCUT2D eigenvalue weighted by molar-refractivity contribution is 7.14. The lowest BCUT2D eigenvalue weighted by atomic mass is 9.99. The van der Waals surface area contributed by atoms with Crippen molar-refractivity contribution in [3.05, 3.63) is 79.4 Å². The van der Waals surface area contributed by atoms with Crippen LogP contribution >= 0.6 is 22.7 Å². The fourth-order valence-corrected chi connectivity index (χ4v) is 5.33. The lowest BCUT2D eigenvalue weighted by Gasteiger charge is -2.18. The molecule has 2 aromatic heterocycles. The summed E-state index contributed by atoms with van der Waals surface area (Å²) in [5.74, 6) is -0.664. The monoisotopic (exact) mass is 429 g/mol. The molecule has 0 bridgehead atoms. The van der Waals surface area contributed by atoms with Crippen molar-refractivity contribution in [3.8, 4) is 0 Å². The number of aryl methyl sites for hydroxylation is 2. The number of urea groups is 1. The molecule has 3 amide bonds. The van der Waals surface area contributed by atoms with Crippen LogP contribution in [0, 0.1) is 5.82 Å². The number of carbonyl (C=O) groups is 2. The summed E-state index contributed by atoms with van der Waals surface area (Å²) in [6.45, 7) is 0. The van der Waals surface area contributed by atoms with Gasteiger partial charge in [-0.15, -0.1) is 22.7 Å². The number of hydrogen-bond donors (Lipinski definition) is 3. The van der Waals surface area contributed by atoms with E-state index in [-0.39, 0.29) is 11.7 Å². The van der Waals surface area contributed by atoms with Crippen LogP contribution in [0.2, 0.25) is 0 Å². The molecule has 1 aliphatic rings. The van der Waals surface area contributed by atoms with Crippen molar-refractivity contribution in [2.24, 2.45) is 0 Å². The molecule has 5 nitrogen and oxygen atoms in total. The molecule has 0 saturated heterocycles. The van der Waals surface area contributed by atoms with E-state index in [2.05, 4.69) is 16.2 Å². The van der Waals surface area contributed by atoms with Crippen LogP contribution in [0.5, 0.6) is 0 Å². The quantitative estimate of drug-likeness (QED) is 0.532. The van der Waals surface area contributed by atoms with Gasteiger partial charge in [0.25, 0.3) is 5.91 Å². The highest BCUT2D eigenvalue weighted by Crippen LogP contribution is 2.29. The summed E-state index contributed by atoms with van der Waals surface area (Å²) in [6.07, 6.45) is 4.33. The molecule has 1 aromatic carbocycles. The second-order valence-corrected chi connectivity index (χ2v) is 8.93. The van der Waals surface area contributed by atoms with Crippen molar-refractivity contribution >= 4 is 34.6 Å². The number of thiophene rings is 2. The second-order valence-electron chi connectivity index (χ2n) is 6.82. The Labute approximate surface area is 175 Å². The highest BCUT2D eigenvalue weighted by atomic mass is 32.1. The molecule has 3 N–H and O–H groups in total. The van der Waals surface area contributed by atoms with Crippen molar-refractivity contribution in [2.45, 2.75) is 31.7 Å². The number of fused-ring (bicyclic) bond motifs is 1. The zero-order valence-electron chi connectivity index (χ0n) is 15.5. The maximum absolute atomic E-state index is 13.3. The molecular formula is C21H20FN3O2S2. The first-order valence-electron chi connectivity index (χ1n) is 9.37. The zero-order chi connectivity index (χ0) is 20.2. The van der Waals surface area contributed by atoms with Gasteiger partial charge < -0.3 is 5.32 Å². The second kappa shape index (κ2) is 8.75. The third-order valence-corrected chi connectivity index (χ3v) is 6.99. The van der Waals surface area contributed by atoms with Crippen LogP contribution in [0.3, 0.4) is 0 Å². The maximum atomic E-state index is 13.3. The summed E-state index contributed by atoms with van der Waals surface area (Å²) >= 11 is 2.97. The van der Waals surface area contributed by atoms with Gasteiger partial charge in [-0.25, -0.2) is 14.6 Å². The predicted octanol–water partition coefficient (Wildman–Crippen LogP) is 4.56. The van der Waals surface area contributed by atoms with Crippen molar-refractivity contribution < 1.29 is 14.0 Å². The topological polar surface area (TPSA) is 70.2 Å². The Morgan fingerprint density at radius 2 is 1.83 bits per heavy atom. The number of carbonyl (C=O) groups excluding carboxylic acids is 2. The van der Waals surface area contributed by atoms with E-state index in [1.807, 2.05) is 23.6 Å². The molecule has 3 aromatic rings. The Bertz CT molecular complexity index is 976. The SMILES string of the molecule is O=C(NNC(=O)c1cc2c(s1)CCCC2)NC(c1ccc(F)cc1)c1cccs1. The zero-order valence-corrected chi connectivity index (χ0v) is 17.2. The van der Waals surface area contributed by atoms with E-state index in [9.17, 15) is 14.0 Å². The lowest BCUT2D eigenvalue weighted by molar-refractivity contribution is 0.0940. The molecule has 150 valence electrons. The number of halogens is 1. The fraction of sp³-hybridized carbons (Fsp3) is 0.238. The van der Waals surface area contributed by atoms with Gasteiger partial charge >= 0.3 is 6.03 Å². The smallest absolute Gasteiger partial charge is 0.325 e. The van der Waals surface area contributed by atoms with Gasteiger partial charge in [0.15, 0.2) is 0 Å². The Morgan fingerprint density at radius 3 is 2.55 bits per heavy atom. The van der Waals surface area contributed by atoms with Crippen LogP contribution in [0.15, 0.2) is 47.8 Å².